The molecule has 114 valence electrons. The number of fused-ring (bicyclic) bond motifs is 3. The monoisotopic (exact) mass is 342 g/mol. The van der Waals surface area contributed by atoms with Crippen molar-refractivity contribution in [1.82, 2.24) is 19.5 Å². The number of benzene rings is 1. The summed E-state index contributed by atoms with van der Waals surface area (Å²) in [5.41, 5.74) is 2.31. The van der Waals surface area contributed by atoms with Gasteiger partial charge in [-0.25, -0.2) is 15.0 Å². The van der Waals surface area contributed by atoms with Gasteiger partial charge in [0, 0.05) is 17.6 Å². The zero-order chi connectivity index (χ0) is 16.1. The zero-order valence-corrected chi connectivity index (χ0v) is 13.9. The van der Waals surface area contributed by atoms with Crippen molar-refractivity contribution in [2.75, 3.05) is 0 Å². The van der Waals surface area contributed by atoms with Gasteiger partial charge in [0.25, 0.3) is 5.56 Å². The molecule has 3 aromatic heterocycles. The molecule has 0 spiro atoms. The highest BCUT2D eigenvalue weighted by Gasteiger charge is 2.16. The molecular weight excluding hydrogens is 332 g/mol. The molecule has 1 aromatic carbocycles. The highest BCUT2D eigenvalue weighted by molar-refractivity contribution is 7.25. The first kappa shape index (κ1) is 14.3. The number of halogens is 1. The molecule has 0 saturated carbocycles. The second-order valence-corrected chi connectivity index (χ2v) is 6.70. The van der Waals surface area contributed by atoms with Crippen molar-refractivity contribution in [2.24, 2.45) is 7.05 Å². The molecule has 3 heterocycles. The smallest absolute Gasteiger partial charge is 0.271 e. The zero-order valence-electron chi connectivity index (χ0n) is 12.4. The minimum atomic E-state index is -0.0644. The summed E-state index contributed by atoms with van der Waals surface area (Å²) in [6.45, 7) is 1.91. The van der Waals surface area contributed by atoms with Crippen LogP contribution in [-0.4, -0.2) is 19.5 Å². The van der Waals surface area contributed by atoms with E-state index < -0.39 is 0 Å². The van der Waals surface area contributed by atoms with Gasteiger partial charge < -0.3 is 4.57 Å². The molecule has 0 unspecified atom stereocenters. The summed E-state index contributed by atoms with van der Waals surface area (Å²) < 4.78 is 2.08. The van der Waals surface area contributed by atoms with Crippen LogP contribution in [0.3, 0.4) is 0 Å². The fourth-order valence-corrected chi connectivity index (χ4v) is 3.79. The maximum absolute atomic E-state index is 12.3. The maximum Gasteiger partial charge on any atom is 0.271 e. The van der Waals surface area contributed by atoms with Crippen molar-refractivity contribution in [3.05, 3.63) is 51.7 Å². The Morgan fingerprint density at radius 2 is 1.91 bits per heavy atom. The topological polar surface area (TPSA) is 60.7 Å². The van der Waals surface area contributed by atoms with Crippen molar-refractivity contribution in [3.63, 3.8) is 0 Å². The largest absolute Gasteiger partial charge is 0.301 e. The Morgan fingerprint density at radius 1 is 1.17 bits per heavy atom. The van der Waals surface area contributed by atoms with Crippen LogP contribution in [0, 0.1) is 6.92 Å². The van der Waals surface area contributed by atoms with Crippen LogP contribution in [0.15, 0.2) is 35.4 Å². The molecular formula is C16H11ClN4OS. The Kier molecular flexibility index (Phi) is 3.18. The van der Waals surface area contributed by atoms with E-state index in [1.165, 1.54) is 22.2 Å². The molecule has 0 fully saturated rings. The van der Waals surface area contributed by atoms with Crippen molar-refractivity contribution >= 4 is 43.4 Å². The molecule has 4 aromatic rings. The lowest BCUT2D eigenvalue weighted by molar-refractivity contribution is 0.845. The second kappa shape index (κ2) is 5.11. The number of thiophene rings is 1. The van der Waals surface area contributed by atoms with Crippen LogP contribution in [0.2, 0.25) is 5.02 Å². The first-order chi connectivity index (χ1) is 11.0. The lowest BCUT2D eigenvalue weighted by Gasteiger charge is -2.03. The molecule has 23 heavy (non-hydrogen) atoms. The quantitative estimate of drug-likeness (QED) is 0.530. The summed E-state index contributed by atoms with van der Waals surface area (Å²) in [6.07, 6.45) is 1.53. The minimum Gasteiger partial charge on any atom is -0.301 e. The fraction of sp³-hybridized carbons (Fsp3) is 0.125. The van der Waals surface area contributed by atoms with Gasteiger partial charge in [0.15, 0.2) is 5.82 Å². The van der Waals surface area contributed by atoms with Gasteiger partial charge in [-0.05, 0) is 31.2 Å². The molecule has 0 bridgehead atoms. The number of rotatable bonds is 1. The van der Waals surface area contributed by atoms with Crippen molar-refractivity contribution in [2.45, 2.75) is 6.92 Å². The van der Waals surface area contributed by atoms with E-state index in [9.17, 15) is 4.79 Å². The second-order valence-electron chi connectivity index (χ2n) is 5.26. The van der Waals surface area contributed by atoms with Gasteiger partial charge in [0.05, 0.1) is 22.9 Å². The van der Waals surface area contributed by atoms with Crippen LogP contribution in [0.4, 0.5) is 0 Å². The van der Waals surface area contributed by atoms with Crippen LogP contribution < -0.4 is 5.56 Å². The van der Waals surface area contributed by atoms with Gasteiger partial charge in [0.1, 0.15) is 9.53 Å². The first-order valence-corrected chi connectivity index (χ1v) is 8.12. The maximum atomic E-state index is 12.3. The lowest BCUT2D eigenvalue weighted by Crippen LogP contribution is -2.15. The normalized spacial score (nSPS) is 11.4. The predicted octanol–water partition coefficient (Wildman–Crippen LogP) is 3.57. The van der Waals surface area contributed by atoms with Gasteiger partial charge >= 0.3 is 0 Å². The third kappa shape index (κ3) is 2.22. The van der Waals surface area contributed by atoms with E-state index in [1.807, 2.05) is 31.2 Å². The molecule has 0 N–H and O–H groups in total. The number of nitrogens with zero attached hydrogens (tertiary/aromatic N) is 4. The minimum absolute atomic E-state index is 0.0644. The lowest BCUT2D eigenvalue weighted by atomic mass is 10.2. The van der Waals surface area contributed by atoms with Crippen LogP contribution in [0.25, 0.3) is 31.8 Å². The molecule has 4 rings (SSSR count). The first-order valence-electron chi connectivity index (χ1n) is 6.93. The Morgan fingerprint density at radius 3 is 2.65 bits per heavy atom. The molecule has 5 nitrogen and oxygen atoms in total. The standard InChI is InChI=1S/C16H11ClN4OS/c1-8-11-12-13(16(22)21(2)7-18-12)23-15(11)20-14(19-8)9-3-5-10(17)6-4-9/h3-7H,1-2H3. The molecule has 0 amide bonds. The molecule has 0 aliphatic carbocycles. The average Bonchev–Trinajstić information content (AvgIpc) is 2.91. The molecule has 7 heteroatoms. The third-order valence-corrected chi connectivity index (χ3v) is 5.00. The number of hydrogen-bond donors (Lipinski definition) is 0. The predicted molar refractivity (Wildman–Crippen MR) is 93.1 cm³/mol. The van der Waals surface area contributed by atoms with E-state index >= 15 is 0 Å². The molecule has 0 atom stereocenters. The summed E-state index contributed by atoms with van der Waals surface area (Å²) >= 11 is 7.28. The van der Waals surface area contributed by atoms with E-state index in [1.54, 1.807) is 7.05 Å². The van der Waals surface area contributed by atoms with Crippen LogP contribution in [0.5, 0.6) is 0 Å². The van der Waals surface area contributed by atoms with Crippen molar-refractivity contribution in [3.8, 4) is 11.4 Å². The van der Waals surface area contributed by atoms with Gasteiger partial charge in [-0.3, -0.25) is 4.79 Å². The van der Waals surface area contributed by atoms with E-state index in [0.29, 0.717) is 21.1 Å². The van der Waals surface area contributed by atoms with Crippen molar-refractivity contribution < 1.29 is 0 Å². The Labute approximate surface area is 140 Å². The van der Waals surface area contributed by atoms with Crippen LogP contribution >= 0.6 is 22.9 Å². The summed E-state index contributed by atoms with van der Waals surface area (Å²) in [5, 5.41) is 1.52. The average molecular weight is 343 g/mol. The summed E-state index contributed by atoms with van der Waals surface area (Å²) in [5.74, 6) is 0.620. The van der Waals surface area contributed by atoms with Gasteiger partial charge in [-0.1, -0.05) is 11.6 Å². The third-order valence-electron chi connectivity index (χ3n) is 3.68. The van der Waals surface area contributed by atoms with E-state index in [4.69, 9.17) is 11.6 Å². The number of hydrogen-bond acceptors (Lipinski definition) is 5. The Bertz CT molecular complexity index is 1120. The van der Waals surface area contributed by atoms with Crippen molar-refractivity contribution in [1.29, 1.82) is 0 Å². The van der Waals surface area contributed by atoms with Crippen LogP contribution in [0.1, 0.15) is 5.69 Å². The van der Waals surface area contributed by atoms with E-state index in [-0.39, 0.29) is 5.56 Å². The van der Waals surface area contributed by atoms with E-state index in [2.05, 4.69) is 15.0 Å². The number of aryl methyl sites for hydroxylation is 2. The SMILES string of the molecule is Cc1nc(-c2ccc(Cl)cc2)nc2sc3c(=O)n(C)cnc3c12. The van der Waals surface area contributed by atoms with E-state index in [0.717, 1.165) is 21.5 Å². The highest BCUT2D eigenvalue weighted by Crippen LogP contribution is 2.32. The highest BCUT2D eigenvalue weighted by atomic mass is 35.5. The molecule has 0 radical (unpaired) electrons. The summed E-state index contributed by atoms with van der Waals surface area (Å²) in [6, 6.07) is 7.38. The Hall–Kier alpha value is -2.31. The van der Waals surface area contributed by atoms with Gasteiger partial charge in [-0.2, -0.15) is 0 Å². The van der Waals surface area contributed by atoms with Crippen LogP contribution in [-0.2, 0) is 7.05 Å². The summed E-state index contributed by atoms with van der Waals surface area (Å²) in [4.78, 5) is 26.6. The van der Waals surface area contributed by atoms with Gasteiger partial charge in [0.2, 0.25) is 0 Å². The Balaban J connectivity index is 2.04. The number of aromatic nitrogens is 4. The van der Waals surface area contributed by atoms with Gasteiger partial charge in [-0.15, -0.1) is 11.3 Å². The molecule has 0 aliphatic heterocycles. The molecule has 0 aliphatic rings. The summed E-state index contributed by atoms with van der Waals surface area (Å²) in [7, 11) is 1.69. The molecule has 0 saturated heterocycles. The fourth-order valence-electron chi connectivity index (χ4n) is 2.50.